The fourth-order valence-corrected chi connectivity index (χ4v) is 6.07. The van der Waals surface area contributed by atoms with Gasteiger partial charge < -0.3 is 14.7 Å². The third kappa shape index (κ3) is 5.05. The minimum atomic E-state index is -4.16. The van der Waals surface area contributed by atoms with Gasteiger partial charge in [-0.2, -0.15) is 0 Å². The zero-order chi connectivity index (χ0) is 24.5. The molecule has 0 amide bonds. The predicted octanol–water partition coefficient (Wildman–Crippen LogP) is 4.49. The summed E-state index contributed by atoms with van der Waals surface area (Å²) >= 11 is 0. The van der Waals surface area contributed by atoms with Gasteiger partial charge in [0.25, 0.3) is 10.0 Å². The van der Waals surface area contributed by atoms with Crippen molar-refractivity contribution in [2.75, 3.05) is 31.0 Å². The number of nitrogens with one attached hydrogen (secondary N) is 1. The van der Waals surface area contributed by atoms with Crippen LogP contribution in [-0.2, 0) is 16.4 Å². The van der Waals surface area contributed by atoms with E-state index in [9.17, 15) is 22.7 Å². The molecule has 1 aliphatic heterocycles. The number of nitrogens with zero attached hydrogens (tertiary/aromatic N) is 1. The van der Waals surface area contributed by atoms with Crippen LogP contribution in [-0.4, -0.2) is 50.6 Å². The van der Waals surface area contributed by atoms with Gasteiger partial charge in [-0.25, -0.2) is 17.6 Å². The van der Waals surface area contributed by atoms with Gasteiger partial charge in [-0.05, 0) is 86.6 Å². The maximum absolute atomic E-state index is 14.0. The maximum atomic E-state index is 14.0. The first kappa shape index (κ1) is 24.5. The Kier molecular flexibility index (Phi) is 7.14. The Bertz CT molecular complexity index is 1180. The lowest BCUT2D eigenvalue weighted by Crippen LogP contribution is -2.24. The molecule has 0 bridgehead atoms. The fourth-order valence-electron chi connectivity index (χ4n) is 4.74. The highest BCUT2D eigenvalue weighted by Gasteiger charge is 2.45. The summed E-state index contributed by atoms with van der Waals surface area (Å²) < 4.78 is 48.7. The molecule has 2 N–H and O–H groups in total. The molecule has 34 heavy (non-hydrogen) atoms. The van der Waals surface area contributed by atoms with Gasteiger partial charge in [-0.15, -0.1) is 0 Å². The zero-order valence-electron chi connectivity index (χ0n) is 19.5. The second-order valence-electron chi connectivity index (χ2n) is 8.97. The first-order chi connectivity index (χ1) is 16.2. The van der Waals surface area contributed by atoms with E-state index in [4.69, 9.17) is 4.74 Å². The number of ether oxygens (including phenoxy) is 1. The largest absolute Gasteiger partial charge is 0.492 e. The molecule has 1 saturated carbocycles. The van der Waals surface area contributed by atoms with Crippen LogP contribution in [0, 0.1) is 11.7 Å². The van der Waals surface area contributed by atoms with Crippen LogP contribution in [0.2, 0.25) is 0 Å². The molecule has 0 spiro atoms. The van der Waals surface area contributed by atoms with E-state index in [0.717, 1.165) is 44.1 Å². The molecular weight excluding hydrogens is 459 g/mol. The average Bonchev–Trinajstić information content (AvgIpc) is 3.58. The molecule has 0 saturated heterocycles. The highest BCUT2D eigenvalue weighted by Crippen LogP contribution is 2.55. The highest BCUT2D eigenvalue weighted by atomic mass is 32.2. The Labute approximate surface area is 200 Å². The van der Waals surface area contributed by atoms with Crippen LogP contribution < -0.4 is 9.46 Å². The Morgan fingerprint density at radius 1 is 1.21 bits per heavy atom. The number of hydrogen-bond acceptors (Lipinski definition) is 5. The van der Waals surface area contributed by atoms with Crippen molar-refractivity contribution in [2.45, 2.75) is 50.3 Å². The van der Waals surface area contributed by atoms with E-state index in [1.165, 1.54) is 18.2 Å². The summed E-state index contributed by atoms with van der Waals surface area (Å²) in [6.45, 7) is 7.39. The molecule has 1 heterocycles. The molecule has 2 aromatic carbocycles. The van der Waals surface area contributed by atoms with E-state index in [2.05, 4.69) is 23.5 Å². The van der Waals surface area contributed by atoms with E-state index < -0.39 is 21.8 Å². The van der Waals surface area contributed by atoms with Crippen molar-refractivity contribution in [1.82, 2.24) is 4.90 Å². The summed E-state index contributed by atoms with van der Waals surface area (Å²) in [4.78, 5) is 14.3. The van der Waals surface area contributed by atoms with Gasteiger partial charge in [0.2, 0.25) is 0 Å². The van der Waals surface area contributed by atoms with Crippen molar-refractivity contribution in [3.63, 3.8) is 0 Å². The first-order valence-electron chi connectivity index (χ1n) is 11.8. The minimum Gasteiger partial charge on any atom is -0.492 e. The number of rotatable bonds is 11. The van der Waals surface area contributed by atoms with E-state index in [-0.39, 0.29) is 27.8 Å². The smallest absolute Gasteiger partial charge is 0.341 e. The molecule has 7 nitrogen and oxygen atoms in total. The van der Waals surface area contributed by atoms with Crippen molar-refractivity contribution in [2.24, 2.45) is 5.92 Å². The van der Waals surface area contributed by atoms with Crippen LogP contribution in [0.25, 0.3) is 0 Å². The van der Waals surface area contributed by atoms with E-state index in [1.54, 1.807) is 6.07 Å². The molecule has 184 valence electrons. The van der Waals surface area contributed by atoms with Gasteiger partial charge >= 0.3 is 5.97 Å². The lowest BCUT2D eigenvalue weighted by molar-refractivity contribution is 0.0692. The van der Waals surface area contributed by atoms with Crippen LogP contribution in [0.4, 0.5) is 10.1 Å². The average molecular weight is 491 g/mol. The van der Waals surface area contributed by atoms with Gasteiger partial charge in [0.1, 0.15) is 17.1 Å². The molecule has 0 radical (unpaired) electrons. The zero-order valence-corrected chi connectivity index (χ0v) is 20.3. The second-order valence-corrected chi connectivity index (χ2v) is 10.6. The summed E-state index contributed by atoms with van der Waals surface area (Å²) in [5.41, 5.74) is 0.947. The van der Waals surface area contributed by atoms with Gasteiger partial charge in [0, 0.05) is 5.92 Å². The molecule has 1 fully saturated rings. The standard InChI is InChI=1S/C25H31FN2O5S/c1-3-28(4-2)12-6-5-7-16-13-18(26)8-11-22(16)34(31,32)27-21-10-9-19-20-14-17(20)15-33-24(19)23(21)25(29)30/h8-11,13,17,20,27H,3-7,12,14-15H2,1-2H3,(H,29,30)/t17-,20-/m1/s1. The van der Waals surface area contributed by atoms with Crippen molar-refractivity contribution < 1.29 is 27.4 Å². The Morgan fingerprint density at radius 3 is 2.68 bits per heavy atom. The number of carbonyl (C=O) groups is 1. The molecule has 0 unspecified atom stereocenters. The third-order valence-electron chi connectivity index (χ3n) is 6.79. The molecule has 0 aromatic heterocycles. The van der Waals surface area contributed by atoms with Crippen LogP contribution in [0.3, 0.4) is 0 Å². The second kappa shape index (κ2) is 9.92. The number of aryl methyl sites for hydroxylation is 1. The SMILES string of the molecule is CCN(CC)CCCCc1cc(F)ccc1S(=O)(=O)Nc1ccc2c(c1C(=O)O)OC[C@H]1C[C@@H]21. The lowest BCUT2D eigenvalue weighted by Gasteiger charge is -2.21. The third-order valence-corrected chi connectivity index (χ3v) is 8.25. The predicted molar refractivity (Wildman–Crippen MR) is 128 cm³/mol. The molecule has 9 heteroatoms. The number of aromatic carboxylic acids is 1. The van der Waals surface area contributed by atoms with Gasteiger partial charge in [0.15, 0.2) is 0 Å². The molecule has 1 aliphatic carbocycles. The highest BCUT2D eigenvalue weighted by molar-refractivity contribution is 7.92. The molecule has 2 atom stereocenters. The Balaban J connectivity index is 1.58. The number of anilines is 1. The van der Waals surface area contributed by atoms with Crippen molar-refractivity contribution in [1.29, 1.82) is 0 Å². The van der Waals surface area contributed by atoms with Crippen molar-refractivity contribution in [3.8, 4) is 5.75 Å². The number of benzene rings is 2. The number of carboxylic acid groups (broad SMARTS) is 1. The number of halogens is 1. The number of sulfonamides is 1. The van der Waals surface area contributed by atoms with E-state index >= 15 is 0 Å². The van der Waals surface area contributed by atoms with Crippen molar-refractivity contribution >= 4 is 21.7 Å². The molecular formula is C25H31FN2O5S. The van der Waals surface area contributed by atoms with E-state index in [1.807, 2.05) is 0 Å². The van der Waals surface area contributed by atoms with Crippen molar-refractivity contribution in [3.05, 3.63) is 52.8 Å². The summed E-state index contributed by atoms with van der Waals surface area (Å²) in [6, 6.07) is 6.81. The van der Waals surface area contributed by atoms with Gasteiger partial charge in [0.05, 0.1) is 17.2 Å². The number of fused-ring (bicyclic) bond motifs is 3. The monoisotopic (exact) mass is 490 g/mol. The Hall–Kier alpha value is -2.65. The fraction of sp³-hybridized carbons (Fsp3) is 0.480. The number of carboxylic acids is 1. The molecule has 4 rings (SSSR count). The minimum absolute atomic E-state index is 0.0472. The number of unbranched alkanes of at least 4 members (excludes halogenated alkanes) is 1. The molecule has 2 aliphatic rings. The topological polar surface area (TPSA) is 95.9 Å². The lowest BCUT2D eigenvalue weighted by atomic mass is 10.0. The quantitative estimate of drug-likeness (QED) is 0.451. The first-order valence-corrected chi connectivity index (χ1v) is 13.3. The van der Waals surface area contributed by atoms with Gasteiger partial charge in [-0.1, -0.05) is 19.9 Å². The number of hydrogen-bond donors (Lipinski definition) is 2. The van der Waals surface area contributed by atoms with Gasteiger partial charge in [-0.3, -0.25) is 4.72 Å². The maximum Gasteiger partial charge on any atom is 0.341 e. The van der Waals surface area contributed by atoms with Crippen LogP contribution in [0.15, 0.2) is 35.2 Å². The molecule has 2 aromatic rings. The Morgan fingerprint density at radius 2 is 1.97 bits per heavy atom. The van der Waals surface area contributed by atoms with Crippen LogP contribution >= 0.6 is 0 Å². The van der Waals surface area contributed by atoms with Crippen LogP contribution in [0.5, 0.6) is 5.75 Å². The summed E-state index contributed by atoms with van der Waals surface area (Å²) in [5.74, 6) is -0.857. The van der Waals surface area contributed by atoms with E-state index in [0.29, 0.717) is 30.9 Å². The van der Waals surface area contributed by atoms with Crippen LogP contribution in [0.1, 0.15) is 60.5 Å². The summed E-state index contributed by atoms with van der Waals surface area (Å²) in [5, 5.41) is 9.84. The normalized spacial score (nSPS) is 18.7. The summed E-state index contributed by atoms with van der Waals surface area (Å²) in [6.07, 6.45) is 2.92. The summed E-state index contributed by atoms with van der Waals surface area (Å²) in [7, 11) is -4.16.